The summed E-state index contributed by atoms with van der Waals surface area (Å²) >= 11 is 3.55. The summed E-state index contributed by atoms with van der Waals surface area (Å²) in [6, 6.07) is 4.67. The van der Waals surface area contributed by atoms with Crippen molar-refractivity contribution in [2.24, 2.45) is 7.05 Å². The van der Waals surface area contributed by atoms with Crippen molar-refractivity contribution in [1.29, 1.82) is 0 Å². The van der Waals surface area contributed by atoms with Gasteiger partial charge < -0.3 is 9.88 Å². The summed E-state index contributed by atoms with van der Waals surface area (Å²) in [5.74, 6) is 1.17. The highest BCUT2D eigenvalue weighted by molar-refractivity contribution is 9.10. The Balaban J connectivity index is 2.13. The second-order valence-corrected chi connectivity index (χ2v) is 6.04. The number of benzene rings is 1. The van der Waals surface area contributed by atoms with Gasteiger partial charge in [0, 0.05) is 11.5 Å². The average molecular weight is 308 g/mol. The number of piperidine rings is 1. The first-order chi connectivity index (χ1) is 8.66. The van der Waals surface area contributed by atoms with Crippen LogP contribution in [0.1, 0.15) is 36.7 Å². The highest BCUT2D eigenvalue weighted by Gasteiger charge is 2.21. The van der Waals surface area contributed by atoms with E-state index < -0.39 is 0 Å². The zero-order valence-electron chi connectivity index (χ0n) is 10.8. The molecule has 1 aromatic carbocycles. The van der Waals surface area contributed by atoms with Gasteiger partial charge in [0.2, 0.25) is 0 Å². The molecule has 0 aliphatic carbocycles. The molecule has 1 aromatic heterocycles. The number of fused-ring (bicyclic) bond motifs is 1. The number of hydrogen-bond donors (Lipinski definition) is 1. The number of aromatic nitrogens is 2. The second-order valence-electron chi connectivity index (χ2n) is 5.12. The Hall–Kier alpha value is -0.870. The van der Waals surface area contributed by atoms with Gasteiger partial charge in [-0.2, -0.15) is 0 Å². The molecule has 2 aromatic rings. The first-order valence-corrected chi connectivity index (χ1v) is 7.32. The Bertz CT molecular complexity index is 582. The van der Waals surface area contributed by atoms with E-state index in [9.17, 15) is 0 Å². The third-order valence-corrected chi connectivity index (χ3v) is 4.24. The predicted molar refractivity (Wildman–Crippen MR) is 77.7 cm³/mol. The maximum absolute atomic E-state index is 4.83. The number of imidazole rings is 1. The van der Waals surface area contributed by atoms with Crippen molar-refractivity contribution in [3.8, 4) is 0 Å². The van der Waals surface area contributed by atoms with Crippen LogP contribution in [0.3, 0.4) is 0 Å². The van der Waals surface area contributed by atoms with Gasteiger partial charge in [0.1, 0.15) is 5.82 Å². The van der Waals surface area contributed by atoms with Crippen LogP contribution >= 0.6 is 15.9 Å². The molecule has 18 heavy (non-hydrogen) atoms. The summed E-state index contributed by atoms with van der Waals surface area (Å²) in [6.45, 7) is 3.25. The maximum atomic E-state index is 4.83. The van der Waals surface area contributed by atoms with Gasteiger partial charge in [0.05, 0.1) is 17.1 Å². The van der Waals surface area contributed by atoms with Gasteiger partial charge in [-0.1, -0.05) is 22.4 Å². The van der Waals surface area contributed by atoms with Crippen LogP contribution in [-0.2, 0) is 7.05 Å². The minimum atomic E-state index is 0.411. The minimum Gasteiger partial charge on any atom is -0.330 e. The lowest BCUT2D eigenvalue weighted by atomic mass is 10.0. The number of hydrogen-bond acceptors (Lipinski definition) is 2. The van der Waals surface area contributed by atoms with Gasteiger partial charge >= 0.3 is 0 Å². The summed E-state index contributed by atoms with van der Waals surface area (Å²) in [6.07, 6.45) is 3.77. The van der Waals surface area contributed by atoms with E-state index in [1.54, 1.807) is 0 Å². The summed E-state index contributed by atoms with van der Waals surface area (Å²) < 4.78 is 3.36. The van der Waals surface area contributed by atoms with Gasteiger partial charge in [-0.05, 0) is 44.0 Å². The molecule has 3 rings (SSSR count). The van der Waals surface area contributed by atoms with E-state index in [1.807, 2.05) is 0 Å². The number of nitrogens with zero attached hydrogens (tertiary/aromatic N) is 2. The van der Waals surface area contributed by atoms with Crippen molar-refractivity contribution in [2.75, 3.05) is 6.54 Å². The highest BCUT2D eigenvalue weighted by Crippen LogP contribution is 2.29. The quantitative estimate of drug-likeness (QED) is 0.874. The summed E-state index contributed by atoms with van der Waals surface area (Å²) in [5.41, 5.74) is 3.61. The second kappa shape index (κ2) is 4.67. The molecule has 2 heterocycles. The third-order valence-electron chi connectivity index (χ3n) is 3.78. The molecule has 0 saturated carbocycles. The molecule has 96 valence electrons. The van der Waals surface area contributed by atoms with Crippen LogP contribution in [0.5, 0.6) is 0 Å². The van der Waals surface area contributed by atoms with E-state index in [1.165, 1.54) is 36.2 Å². The van der Waals surface area contributed by atoms with Crippen molar-refractivity contribution in [1.82, 2.24) is 14.9 Å². The van der Waals surface area contributed by atoms with E-state index in [4.69, 9.17) is 4.98 Å². The van der Waals surface area contributed by atoms with Crippen LogP contribution in [0.4, 0.5) is 0 Å². The van der Waals surface area contributed by atoms with Crippen molar-refractivity contribution < 1.29 is 0 Å². The van der Waals surface area contributed by atoms with Gasteiger partial charge in [-0.25, -0.2) is 4.98 Å². The van der Waals surface area contributed by atoms with E-state index in [0.29, 0.717) is 6.04 Å². The van der Waals surface area contributed by atoms with E-state index in [2.05, 4.69) is 51.9 Å². The Morgan fingerprint density at radius 2 is 2.22 bits per heavy atom. The van der Waals surface area contributed by atoms with Gasteiger partial charge in [-0.3, -0.25) is 0 Å². The fourth-order valence-electron chi connectivity index (χ4n) is 2.94. The summed E-state index contributed by atoms with van der Waals surface area (Å²) in [5, 5.41) is 3.58. The molecule has 1 N–H and O–H groups in total. The molecule has 1 unspecified atom stereocenters. The van der Waals surface area contributed by atoms with E-state index >= 15 is 0 Å². The first-order valence-electron chi connectivity index (χ1n) is 6.52. The third kappa shape index (κ3) is 1.97. The highest BCUT2D eigenvalue weighted by atomic mass is 79.9. The topological polar surface area (TPSA) is 29.9 Å². The molecule has 1 atom stereocenters. The molecule has 1 aliphatic heterocycles. The largest absolute Gasteiger partial charge is 0.330 e. The monoisotopic (exact) mass is 307 g/mol. The standard InChI is InChI=1S/C14H18BrN3/c1-9-7-10(15)8-12-13(9)18(2)14(17-12)11-5-3-4-6-16-11/h7-8,11,16H,3-6H2,1-2H3. The predicted octanol–water partition coefficient (Wildman–Crippen LogP) is 3.46. The lowest BCUT2D eigenvalue weighted by molar-refractivity contribution is 0.392. The molecular weight excluding hydrogens is 290 g/mol. The number of halogens is 1. The average Bonchev–Trinajstić information content (AvgIpc) is 2.67. The van der Waals surface area contributed by atoms with Gasteiger partial charge in [0.15, 0.2) is 0 Å². The molecule has 1 aliphatic rings. The molecule has 1 saturated heterocycles. The van der Waals surface area contributed by atoms with Crippen molar-refractivity contribution in [3.05, 3.63) is 28.0 Å². The lowest BCUT2D eigenvalue weighted by Gasteiger charge is -2.22. The summed E-state index contributed by atoms with van der Waals surface area (Å²) in [4.78, 5) is 4.83. The van der Waals surface area contributed by atoms with Gasteiger partial charge in [-0.15, -0.1) is 0 Å². The lowest BCUT2D eigenvalue weighted by Crippen LogP contribution is -2.28. The number of nitrogens with one attached hydrogen (secondary N) is 1. The number of aryl methyl sites for hydroxylation is 2. The molecular formula is C14H18BrN3. The summed E-state index contributed by atoms with van der Waals surface area (Å²) in [7, 11) is 2.13. The van der Waals surface area contributed by atoms with Crippen LogP contribution in [0, 0.1) is 6.92 Å². The smallest absolute Gasteiger partial charge is 0.126 e. The van der Waals surface area contributed by atoms with Crippen molar-refractivity contribution in [3.63, 3.8) is 0 Å². The normalized spacial score (nSPS) is 20.5. The fraction of sp³-hybridized carbons (Fsp3) is 0.500. The first kappa shape index (κ1) is 12.2. The van der Waals surface area contributed by atoms with Crippen molar-refractivity contribution in [2.45, 2.75) is 32.2 Å². The van der Waals surface area contributed by atoms with Gasteiger partial charge in [0.25, 0.3) is 0 Å². The molecule has 4 heteroatoms. The van der Waals surface area contributed by atoms with Crippen LogP contribution in [-0.4, -0.2) is 16.1 Å². The Morgan fingerprint density at radius 3 is 2.94 bits per heavy atom. The zero-order valence-corrected chi connectivity index (χ0v) is 12.4. The number of rotatable bonds is 1. The SMILES string of the molecule is Cc1cc(Br)cc2nc(C3CCCCN3)n(C)c12. The molecule has 3 nitrogen and oxygen atoms in total. The molecule has 0 radical (unpaired) electrons. The van der Waals surface area contributed by atoms with Crippen LogP contribution in [0.15, 0.2) is 16.6 Å². The van der Waals surface area contributed by atoms with Crippen LogP contribution in [0.25, 0.3) is 11.0 Å². The Labute approximate surface area is 116 Å². The molecule has 0 amide bonds. The zero-order chi connectivity index (χ0) is 12.7. The Kier molecular flexibility index (Phi) is 3.16. The maximum Gasteiger partial charge on any atom is 0.126 e. The molecule has 0 bridgehead atoms. The van der Waals surface area contributed by atoms with Crippen molar-refractivity contribution >= 4 is 27.0 Å². The minimum absolute atomic E-state index is 0.411. The van der Waals surface area contributed by atoms with E-state index in [0.717, 1.165) is 16.5 Å². The van der Waals surface area contributed by atoms with Crippen LogP contribution < -0.4 is 5.32 Å². The molecule has 0 spiro atoms. The van der Waals surface area contributed by atoms with E-state index in [-0.39, 0.29) is 0 Å². The Morgan fingerprint density at radius 1 is 1.39 bits per heavy atom. The molecule has 1 fully saturated rings. The van der Waals surface area contributed by atoms with Crippen LogP contribution in [0.2, 0.25) is 0 Å². The fourth-order valence-corrected chi connectivity index (χ4v) is 3.50.